The Labute approximate surface area is 170 Å². The van der Waals surface area contributed by atoms with Crippen molar-refractivity contribution in [2.45, 2.75) is 37.9 Å². The van der Waals surface area contributed by atoms with Crippen molar-refractivity contribution in [2.24, 2.45) is 0 Å². The van der Waals surface area contributed by atoms with Crippen LogP contribution in [0.3, 0.4) is 0 Å². The molecule has 2 amide bonds. The number of piperidine rings is 1. The number of methoxy groups -OCH3 is 1. The van der Waals surface area contributed by atoms with Gasteiger partial charge in [0.05, 0.1) is 7.11 Å². The summed E-state index contributed by atoms with van der Waals surface area (Å²) >= 11 is 0. The van der Waals surface area contributed by atoms with E-state index in [-0.39, 0.29) is 38.4 Å². The average Bonchev–Trinajstić information content (AvgIpc) is 2.77. The largest absolute Gasteiger partial charge is 0.497 e. The van der Waals surface area contributed by atoms with Crippen LogP contribution in [0.15, 0.2) is 48.8 Å². The number of alkyl halides is 1. The van der Waals surface area contributed by atoms with E-state index in [1.165, 1.54) is 0 Å². The van der Waals surface area contributed by atoms with Gasteiger partial charge in [-0.05, 0) is 41.8 Å². The number of rotatable bonds is 7. The molecule has 1 aliphatic rings. The number of amides is 2. The fourth-order valence-corrected chi connectivity index (χ4v) is 3.38. The number of ether oxygens (including phenoxy) is 1. The molecule has 2 heterocycles. The Hall–Kier alpha value is -2.96. The maximum Gasteiger partial charge on any atom is 0.258 e. The van der Waals surface area contributed by atoms with Gasteiger partial charge in [0.25, 0.3) is 5.91 Å². The summed E-state index contributed by atoms with van der Waals surface area (Å²) in [7, 11) is 1.61. The van der Waals surface area contributed by atoms with Crippen molar-refractivity contribution in [2.75, 3.05) is 20.2 Å². The molecule has 1 aliphatic heterocycles. The molecule has 6 nitrogen and oxygen atoms in total. The summed E-state index contributed by atoms with van der Waals surface area (Å²) in [6.07, 6.45) is 4.27. The van der Waals surface area contributed by atoms with Crippen molar-refractivity contribution in [3.05, 3.63) is 59.9 Å². The van der Waals surface area contributed by atoms with Crippen molar-refractivity contribution >= 4 is 11.8 Å². The quantitative estimate of drug-likeness (QED) is 0.777. The Kier molecular flexibility index (Phi) is 6.80. The minimum absolute atomic E-state index is 0.0138. The second-order valence-corrected chi connectivity index (χ2v) is 7.23. The average molecular weight is 399 g/mol. The maximum absolute atomic E-state index is 15.1. The minimum atomic E-state index is -1.93. The molecular formula is C22H26FN3O3. The van der Waals surface area contributed by atoms with E-state index in [9.17, 15) is 9.59 Å². The molecule has 3 rings (SSSR count). The Balaban J connectivity index is 1.44. The number of benzene rings is 1. The number of carbonyl (C=O) groups is 2. The van der Waals surface area contributed by atoms with E-state index in [4.69, 9.17) is 4.74 Å². The lowest BCUT2D eigenvalue weighted by Crippen LogP contribution is -2.52. The zero-order chi connectivity index (χ0) is 20.7. The van der Waals surface area contributed by atoms with E-state index < -0.39 is 11.6 Å². The van der Waals surface area contributed by atoms with E-state index in [0.717, 1.165) is 16.9 Å². The van der Waals surface area contributed by atoms with Gasteiger partial charge in [0.15, 0.2) is 5.67 Å². The first-order chi connectivity index (χ1) is 14.0. The van der Waals surface area contributed by atoms with Crippen molar-refractivity contribution in [1.82, 2.24) is 15.2 Å². The fourth-order valence-electron chi connectivity index (χ4n) is 3.38. The number of likely N-dealkylation sites (tertiary alicyclic amines) is 1. The highest BCUT2D eigenvalue weighted by atomic mass is 19.1. The van der Waals surface area contributed by atoms with Crippen molar-refractivity contribution in [3.8, 4) is 5.75 Å². The number of hydrogen-bond acceptors (Lipinski definition) is 4. The number of nitrogens with one attached hydrogen (secondary N) is 1. The molecule has 29 heavy (non-hydrogen) atoms. The Morgan fingerprint density at radius 1 is 1.10 bits per heavy atom. The van der Waals surface area contributed by atoms with Crippen molar-refractivity contribution in [3.63, 3.8) is 0 Å². The summed E-state index contributed by atoms with van der Waals surface area (Å²) in [4.78, 5) is 30.3. The molecule has 1 aromatic heterocycles. The minimum Gasteiger partial charge on any atom is -0.497 e. The van der Waals surface area contributed by atoms with Gasteiger partial charge in [0.1, 0.15) is 5.75 Å². The topological polar surface area (TPSA) is 71.5 Å². The first-order valence-corrected chi connectivity index (χ1v) is 9.77. The predicted molar refractivity (Wildman–Crippen MR) is 107 cm³/mol. The van der Waals surface area contributed by atoms with E-state index in [1.807, 2.05) is 24.3 Å². The molecule has 2 aromatic rings. The normalized spacial score (nSPS) is 15.6. The first-order valence-electron chi connectivity index (χ1n) is 9.77. The van der Waals surface area contributed by atoms with E-state index in [1.54, 1.807) is 36.5 Å². The van der Waals surface area contributed by atoms with Crippen LogP contribution < -0.4 is 10.1 Å². The molecule has 0 unspecified atom stereocenters. The number of aryl methyl sites for hydroxylation is 1. The van der Waals surface area contributed by atoms with Crippen LogP contribution in [0.1, 0.15) is 30.4 Å². The van der Waals surface area contributed by atoms with Crippen LogP contribution in [0.2, 0.25) is 0 Å². The zero-order valence-corrected chi connectivity index (χ0v) is 16.6. The third-order valence-corrected chi connectivity index (χ3v) is 5.30. The molecule has 154 valence electrons. The van der Waals surface area contributed by atoms with Crippen LogP contribution >= 0.6 is 0 Å². The predicted octanol–water partition coefficient (Wildman–Crippen LogP) is 2.67. The van der Waals surface area contributed by atoms with Crippen LogP contribution in [0.25, 0.3) is 0 Å². The van der Waals surface area contributed by atoms with Gasteiger partial charge in [0, 0.05) is 51.3 Å². The molecule has 1 saturated heterocycles. The highest BCUT2D eigenvalue weighted by molar-refractivity contribution is 5.85. The van der Waals surface area contributed by atoms with Crippen LogP contribution in [-0.2, 0) is 22.6 Å². The Morgan fingerprint density at radius 3 is 2.38 bits per heavy atom. The van der Waals surface area contributed by atoms with Crippen LogP contribution in [0.5, 0.6) is 5.75 Å². The van der Waals surface area contributed by atoms with Gasteiger partial charge in [-0.15, -0.1) is 0 Å². The maximum atomic E-state index is 15.1. The second kappa shape index (κ2) is 9.49. The van der Waals surface area contributed by atoms with Crippen LogP contribution in [-0.4, -0.2) is 47.6 Å². The first kappa shape index (κ1) is 20.8. The molecule has 0 bridgehead atoms. The monoisotopic (exact) mass is 399 g/mol. The molecule has 0 atom stereocenters. The Morgan fingerprint density at radius 2 is 1.76 bits per heavy atom. The van der Waals surface area contributed by atoms with Crippen molar-refractivity contribution in [1.29, 1.82) is 0 Å². The summed E-state index contributed by atoms with van der Waals surface area (Å²) in [5.41, 5.74) is -0.0191. The van der Waals surface area contributed by atoms with E-state index in [2.05, 4.69) is 10.3 Å². The highest BCUT2D eigenvalue weighted by Gasteiger charge is 2.42. The molecule has 1 fully saturated rings. The number of aromatic nitrogens is 1. The zero-order valence-electron chi connectivity index (χ0n) is 16.6. The molecule has 0 saturated carbocycles. The molecule has 1 aromatic carbocycles. The second-order valence-electron chi connectivity index (χ2n) is 7.23. The lowest BCUT2D eigenvalue weighted by Gasteiger charge is -2.35. The smallest absolute Gasteiger partial charge is 0.258 e. The standard InChI is InChI=1S/C22H26FN3O3/c1-29-19-5-2-17(3-6-19)4-7-20(27)26-14-10-22(23,11-15-26)21(28)25-16-18-8-12-24-13-9-18/h2-3,5-6,8-9,12-13H,4,7,10-11,14-16H2,1H3,(H,25,28). The van der Waals surface area contributed by atoms with Crippen molar-refractivity contribution < 1.29 is 18.7 Å². The fraction of sp³-hybridized carbons (Fsp3) is 0.409. The number of pyridine rings is 1. The van der Waals surface area contributed by atoms with Gasteiger partial charge < -0.3 is 15.0 Å². The molecule has 7 heteroatoms. The Bertz CT molecular complexity index is 819. The van der Waals surface area contributed by atoms with Crippen LogP contribution in [0.4, 0.5) is 4.39 Å². The highest BCUT2D eigenvalue weighted by Crippen LogP contribution is 2.27. The summed E-state index contributed by atoms with van der Waals surface area (Å²) in [6.45, 7) is 0.763. The number of nitrogens with zero attached hydrogens (tertiary/aromatic N) is 2. The van der Waals surface area contributed by atoms with Gasteiger partial charge in [-0.25, -0.2) is 4.39 Å². The van der Waals surface area contributed by atoms with Gasteiger partial charge in [-0.1, -0.05) is 12.1 Å². The molecule has 1 N–H and O–H groups in total. The summed E-state index contributed by atoms with van der Waals surface area (Å²) in [5.74, 6) is 0.150. The van der Waals surface area contributed by atoms with Gasteiger partial charge in [0.2, 0.25) is 5.91 Å². The molecule has 0 spiro atoms. The molecule has 0 radical (unpaired) electrons. The number of carbonyl (C=O) groups excluding carboxylic acids is 2. The molecule has 0 aliphatic carbocycles. The summed E-state index contributed by atoms with van der Waals surface area (Å²) in [5, 5.41) is 2.65. The number of halogens is 1. The lowest BCUT2D eigenvalue weighted by molar-refractivity contribution is -0.142. The molecular weight excluding hydrogens is 373 g/mol. The van der Waals surface area contributed by atoms with Gasteiger partial charge in [-0.2, -0.15) is 0 Å². The summed E-state index contributed by atoms with van der Waals surface area (Å²) in [6, 6.07) is 11.1. The third kappa shape index (κ3) is 5.53. The lowest BCUT2D eigenvalue weighted by atomic mass is 9.92. The van der Waals surface area contributed by atoms with E-state index in [0.29, 0.717) is 12.8 Å². The number of hydrogen-bond donors (Lipinski definition) is 1. The third-order valence-electron chi connectivity index (χ3n) is 5.30. The van der Waals surface area contributed by atoms with Gasteiger partial charge >= 0.3 is 0 Å². The van der Waals surface area contributed by atoms with Gasteiger partial charge in [-0.3, -0.25) is 14.6 Å². The summed E-state index contributed by atoms with van der Waals surface area (Å²) < 4.78 is 20.2. The van der Waals surface area contributed by atoms with Crippen LogP contribution in [0, 0.1) is 0 Å². The van der Waals surface area contributed by atoms with E-state index >= 15 is 4.39 Å². The SMILES string of the molecule is COc1ccc(CCC(=O)N2CCC(F)(C(=O)NCc3ccncc3)CC2)cc1.